The molecule has 0 aliphatic carbocycles. The average Bonchev–Trinajstić information content (AvgIpc) is 2.50. The van der Waals surface area contributed by atoms with E-state index in [-0.39, 0.29) is 0 Å². The van der Waals surface area contributed by atoms with Gasteiger partial charge in [0.15, 0.2) is 5.76 Å². The molecule has 0 unspecified atom stereocenters. The molecule has 0 saturated carbocycles. The molecule has 0 aromatic carbocycles. The summed E-state index contributed by atoms with van der Waals surface area (Å²) in [5, 5.41) is 7.58. The van der Waals surface area contributed by atoms with E-state index in [9.17, 15) is 0 Å². The fraction of sp³-hybridized carbons (Fsp3) is 0.200. The van der Waals surface area contributed by atoms with Gasteiger partial charge in [-0.25, -0.2) is 4.98 Å². The van der Waals surface area contributed by atoms with E-state index in [4.69, 9.17) is 16.1 Å². The highest BCUT2D eigenvalue weighted by molar-refractivity contribution is 6.30. The maximum absolute atomic E-state index is 5.85. The Morgan fingerprint density at radius 1 is 1.40 bits per heavy atom. The second-order valence-corrected chi connectivity index (χ2v) is 3.62. The first-order valence-corrected chi connectivity index (χ1v) is 4.86. The number of aromatic nitrogens is 2. The highest BCUT2D eigenvalue weighted by atomic mass is 35.5. The predicted octanol–water partition coefficient (Wildman–Crippen LogP) is 3.08. The van der Waals surface area contributed by atoms with Crippen LogP contribution in [0.4, 0.5) is 11.5 Å². The van der Waals surface area contributed by atoms with Crippen LogP contribution < -0.4 is 5.32 Å². The number of anilines is 2. The van der Waals surface area contributed by atoms with Gasteiger partial charge in [-0.3, -0.25) is 0 Å². The maximum Gasteiger partial charge on any atom is 0.157 e. The number of rotatable bonds is 2. The lowest BCUT2D eigenvalue weighted by Gasteiger charge is -2.03. The van der Waals surface area contributed by atoms with Crippen molar-refractivity contribution in [3.63, 3.8) is 0 Å². The smallest absolute Gasteiger partial charge is 0.157 e. The van der Waals surface area contributed by atoms with E-state index >= 15 is 0 Å². The van der Waals surface area contributed by atoms with Gasteiger partial charge in [0.1, 0.15) is 17.2 Å². The van der Waals surface area contributed by atoms with Gasteiger partial charge in [0.2, 0.25) is 0 Å². The molecule has 0 aliphatic heterocycles. The molecule has 2 aromatic heterocycles. The molecule has 15 heavy (non-hydrogen) atoms. The zero-order valence-corrected chi connectivity index (χ0v) is 9.17. The Hall–Kier alpha value is -1.55. The largest absolute Gasteiger partial charge is 0.359 e. The standard InChI is InChI=1S/C10H10ClN3O/c1-6-10(7(2)15-14-6)13-9-5-8(11)3-4-12-9/h3-5H,1-2H3,(H,12,13). The average molecular weight is 224 g/mol. The molecule has 78 valence electrons. The van der Waals surface area contributed by atoms with Crippen molar-refractivity contribution in [1.29, 1.82) is 0 Å². The maximum atomic E-state index is 5.85. The first kappa shape index (κ1) is 9.98. The van der Waals surface area contributed by atoms with Crippen LogP contribution in [0.1, 0.15) is 11.5 Å². The Morgan fingerprint density at radius 2 is 2.20 bits per heavy atom. The lowest BCUT2D eigenvalue weighted by atomic mass is 10.3. The van der Waals surface area contributed by atoms with Crippen LogP contribution >= 0.6 is 11.6 Å². The topological polar surface area (TPSA) is 51.0 Å². The molecule has 0 aliphatic rings. The van der Waals surface area contributed by atoms with Crippen molar-refractivity contribution in [1.82, 2.24) is 10.1 Å². The summed E-state index contributed by atoms with van der Waals surface area (Å²) >= 11 is 5.85. The molecule has 0 bridgehead atoms. The number of halogens is 1. The van der Waals surface area contributed by atoms with Crippen LogP contribution in [-0.4, -0.2) is 10.1 Å². The normalized spacial score (nSPS) is 10.3. The van der Waals surface area contributed by atoms with E-state index in [1.54, 1.807) is 18.3 Å². The molecule has 5 heteroatoms. The minimum Gasteiger partial charge on any atom is -0.359 e. The van der Waals surface area contributed by atoms with E-state index in [0.29, 0.717) is 10.8 Å². The third-order valence-corrected chi connectivity index (χ3v) is 2.24. The first-order valence-electron chi connectivity index (χ1n) is 4.48. The molecule has 0 radical (unpaired) electrons. The van der Waals surface area contributed by atoms with Gasteiger partial charge in [-0.2, -0.15) is 0 Å². The van der Waals surface area contributed by atoms with E-state index in [1.165, 1.54) is 0 Å². The number of pyridine rings is 1. The molecule has 2 heterocycles. The summed E-state index contributed by atoms with van der Waals surface area (Å²) < 4.78 is 5.02. The number of hydrogen-bond donors (Lipinski definition) is 1. The second kappa shape index (κ2) is 3.90. The fourth-order valence-electron chi connectivity index (χ4n) is 1.26. The molecular formula is C10H10ClN3O. The molecule has 0 saturated heterocycles. The van der Waals surface area contributed by atoms with E-state index in [0.717, 1.165) is 17.1 Å². The van der Waals surface area contributed by atoms with Crippen molar-refractivity contribution < 1.29 is 4.52 Å². The van der Waals surface area contributed by atoms with Gasteiger partial charge in [0, 0.05) is 11.2 Å². The highest BCUT2D eigenvalue weighted by Crippen LogP contribution is 2.23. The minimum absolute atomic E-state index is 0.638. The number of nitrogens with one attached hydrogen (secondary N) is 1. The van der Waals surface area contributed by atoms with Crippen molar-refractivity contribution in [2.24, 2.45) is 0 Å². The Balaban J connectivity index is 2.29. The highest BCUT2D eigenvalue weighted by Gasteiger charge is 2.09. The van der Waals surface area contributed by atoms with Crippen LogP contribution in [0.3, 0.4) is 0 Å². The minimum atomic E-state index is 0.638. The van der Waals surface area contributed by atoms with Gasteiger partial charge < -0.3 is 9.84 Å². The first-order chi connectivity index (χ1) is 7.16. The lowest BCUT2D eigenvalue weighted by molar-refractivity contribution is 0.393. The molecule has 0 atom stereocenters. The van der Waals surface area contributed by atoms with Gasteiger partial charge in [-0.15, -0.1) is 0 Å². The van der Waals surface area contributed by atoms with Crippen molar-refractivity contribution in [2.45, 2.75) is 13.8 Å². The summed E-state index contributed by atoms with van der Waals surface area (Å²) in [5.74, 6) is 1.41. The van der Waals surface area contributed by atoms with Crippen LogP contribution in [0.15, 0.2) is 22.9 Å². The van der Waals surface area contributed by atoms with Crippen molar-refractivity contribution in [3.8, 4) is 0 Å². The summed E-state index contributed by atoms with van der Waals surface area (Å²) in [6, 6.07) is 3.47. The van der Waals surface area contributed by atoms with E-state index < -0.39 is 0 Å². The third-order valence-electron chi connectivity index (χ3n) is 2.01. The molecular weight excluding hydrogens is 214 g/mol. The Bertz CT molecular complexity index is 462. The second-order valence-electron chi connectivity index (χ2n) is 3.18. The molecule has 1 N–H and O–H groups in total. The van der Waals surface area contributed by atoms with Gasteiger partial charge in [-0.05, 0) is 26.0 Å². The molecule has 0 amide bonds. The van der Waals surface area contributed by atoms with Crippen LogP contribution in [0.2, 0.25) is 5.02 Å². The third kappa shape index (κ3) is 2.10. The SMILES string of the molecule is Cc1noc(C)c1Nc1cc(Cl)ccn1. The van der Waals surface area contributed by atoms with Crippen LogP contribution in [-0.2, 0) is 0 Å². The van der Waals surface area contributed by atoms with Gasteiger partial charge in [0.25, 0.3) is 0 Å². The van der Waals surface area contributed by atoms with E-state index in [2.05, 4.69) is 15.5 Å². The molecule has 2 rings (SSSR count). The number of aryl methyl sites for hydroxylation is 2. The summed E-state index contributed by atoms with van der Waals surface area (Å²) in [4.78, 5) is 4.13. The Morgan fingerprint density at radius 3 is 2.80 bits per heavy atom. The zero-order valence-electron chi connectivity index (χ0n) is 8.41. The quantitative estimate of drug-likeness (QED) is 0.850. The van der Waals surface area contributed by atoms with Crippen LogP contribution in [0, 0.1) is 13.8 Å². The van der Waals surface area contributed by atoms with Crippen LogP contribution in [0.25, 0.3) is 0 Å². The predicted molar refractivity (Wildman–Crippen MR) is 58.5 cm³/mol. The summed E-state index contributed by atoms with van der Waals surface area (Å²) in [6.45, 7) is 3.70. The van der Waals surface area contributed by atoms with Crippen molar-refractivity contribution in [3.05, 3.63) is 34.8 Å². The monoisotopic (exact) mass is 223 g/mol. The molecule has 0 spiro atoms. The van der Waals surface area contributed by atoms with E-state index in [1.807, 2.05) is 13.8 Å². The van der Waals surface area contributed by atoms with Gasteiger partial charge in [-0.1, -0.05) is 16.8 Å². The molecule has 0 fully saturated rings. The Kier molecular flexibility index (Phi) is 2.60. The summed E-state index contributed by atoms with van der Waals surface area (Å²) in [7, 11) is 0. The Labute approximate surface area is 92.3 Å². The fourth-order valence-corrected chi connectivity index (χ4v) is 1.42. The lowest BCUT2D eigenvalue weighted by Crippen LogP contribution is -1.94. The van der Waals surface area contributed by atoms with Crippen LogP contribution in [0.5, 0.6) is 0 Å². The summed E-state index contributed by atoms with van der Waals surface area (Å²) in [5.41, 5.74) is 1.64. The van der Waals surface area contributed by atoms with Crippen molar-refractivity contribution in [2.75, 3.05) is 5.32 Å². The van der Waals surface area contributed by atoms with Gasteiger partial charge >= 0.3 is 0 Å². The van der Waals surface area contributed by atoms with Gasteiger partial charge in [0.05, 0.1) is 0 Å². The number of hydrogen-bond acceptors (Lipinski definition) is 4. The summed E-state index contributed by atoms with van der Waals surface area (Å²) in [6.07, 6.45) is 1.64. The molecule has 2 aromatic rings. The number of nitrogens with zero attached hydrogens (tertiary/aromatic N) is 2. The zero-order chi connectivity index (χ0) is 10.8. The van der Waals surface area contributed by atoms with Crippen molar-refractivity contribution >= 4 is 23.1 Å². The molecule has 4 nitrogen and oxygen atoms in total.